The number of pyridine rings is 1. The van der Waals surface area contributed by atoms with Gasteiger partial charge in [0.15, 0.2) is 5.75 Å². The lowest BCUT2D eigenvalue weighted by molar-refractivity contribution is 0.171. The lowest BCUT2D eigenvalue weighted by atomic mass is 10.1. The van der Waals surface area contributed by atoms with Crippen LogP contribution >= 0.6 is 11.6 Å². The molecule has 2 aromatic rings. The van der Waals surface area contributed by atoms with E-state index in [4.69, 9.17) is 21.1 Å². The maximum absolute atomic E-state index is 5.77. The van der Waals surface area contributed by atoms with Gasteiger partial charge in [-0.3, -0.25) is 0 Å². The van der Waals surface area contributed by atoms with Crippen LogP contribution in [0, 0.1) is 0 Å². The first-order chi connectivity index (χ1) is 7.36. The second-order valence-electron chi connectivity index (χ2n) is 3.36. The third-order valence-corrected chi connectivity index (χ3v) is 2.68. The molecule has 0 saturated heterocycles. The number of halogens is 1. The minimum Gasteiger partial charge on any atom is -0.452 e. The summed E-state index contributed by atoms with van der Waals surface area (Å²) in [4.78, 5) is 4.34. The van der Waals surface area contributed by atoms with E-state index in [9.17, 15) is 0 Å². The van der Waals surface area contributed by atoms with Gasteiger partial charge < -0.3 is 9.47 Å². The van der Waals surface area contributed by atoms with Crippen molar-refractivity contribution in [1.29, 1.82) is 0 Å². The fraction of sp³-hybridized carbons (Fsp3) is 0.182. The molecule has 3 nitrogen and oxygen atoms in total. The summed E-state index contributed by atoms with van der Waals surface area (Å²) in [5.74, 6) is 1.78. The SMILES string of the molecule is ClCc1ccc2nc3c(cc2c1)OCO3. The summed E-state index contributed by atoms with van der Waals surface area (Å²) in [6.45, 7) is 0.251. The highest BCUT2D eigenvalue weighted by atomic mass is 35.5. The van der Waals surface area contributed by atoms with Crippen LogP contribution in [-0.2, 0) is 5.88 Å². The Morgan fingerprint density at radius 2 is 2.20 bits per heavy atom. The number of fused-ring (bicyclic) bond motifs is 2. The first-order valence-corrected chi connectivity index (χ1v) is 5.15. The third kappa shape index (κ3) is 1.39. The summed E-state index contributed by atoms with van der Waals surface area (Å²) in [5.41, 5.74) is 1.97. The van der Waals surface area contributed by atoms with Gasteiger partial charge in [0, 0.05) is 11.3 Å². The molecule has 0 N–H and O–H groups in total. The third-order valence-electron chi connectivity index (χ3n) is 2.38. The summed E-state index contributed by atoms with van der Waals surface area (Å²) >= 11 is 5.77. The van der Waals surface area contributed by atoms with Crippen LogP contribution in [0.3, 0.4) is 0 Å². The molecule has 0 saturated carbocycles. The fourth-order valence-corrected chi connectivity index (χ4v) is 1.79. The maximum atomic E-state index is 5.77. The summed E-state index contributed by atoms with van der Waals surface area (Å²) in [5, 5.41) is 1.03. The molecule has 3 rings (SSSR count). The van der Waals surface area contributed by atoms with E-state index >= 15 is 0 Å². The van der Waals surface area contributed by atoms with E-state index in [1.54, 1.807) is 0 Å². The average molecular weight is 222 g/mol. The number of nitrogens with zero attached hydrogens (tertiary/aromatic N) is 1. The zero-order valence-electron chi connectivity index (χ0n) is 7.87. The minimum absolute atomic E-state index is 0.251. The van der Waals surface area contributed by atoms with Crippen LogP contribution in [0.1, 0.15) is 5.56 Å². The molecule has 1 aliphatic heterocycles. The highest BCUT2D eigenvalue weighted by Gasteiger charge is 2.15. The Morgan fingerprint density at radius 3 is 3.07 bits per heavy atom. The Kier molecular flexibility index (Phi) is 1.92. The van der Waals surface area contributed by atoms with E-state index < -0.39 is 0 Å². The van der Waals surface area contributed by atoms with Crippen molar-refractivity contribution >= 4 is 22.5 Å². The zero-order valence-corrected chi connectivity index (χ0v) is 8.62. The molecule has 1 aromatic heterocycles. The van der Waals surface area contributed by atoms with Crippen LogP contribution in [0.15, 0.2) is 24.3 Å². The minimum atomic E-state index is 0.251. The molecule has 4 heteroatoms. The van der Waals surface area contributed by atoms with E-state index in [-0.39, 0.29) is 6.79 Å². The molecule has 0 unspecified atom stereocenters. The van der Waals surface area contributed by atoms with Gasteiger partial charge in [-0.15, -0.1) is 11.6 Å². The van der Waals surface area contributed by atoms with Gasteiger partial charge in [-0.1, -0.05) is 6.07 Å². The van der Waals surface area contributed by atoms with Gasteiger partial charge in [-0.05, 0) is 23.8 Å². The topological polar surface area (TPSA) is 31.4 Å². The predicted molar refractivity (Wildman–Crippen MR) is 57.4 cm³/mol. The Balaban J connectivity index is 2.24. The normalized spacial score (nSPS) is 13.4. The van der Waals surface area contributed by atoms with Gasteiger partial charge in [0.1, 0.15) is 0 Å². The van der Waals surface area contributed by atoms with Gasteiger partial charge in [-0.25, -0.2) is 4.98 Å². The predicted octanol–water partition coefficient (Wildman–Crippen LogP) is 2.70. The van der Waals surface area contributed by atoms with E-state index in [1.165, 1.54) is 0 Å². The van der Waals surface area contributed by atoms with Crippen molar-refractivity contribution in [2.45, 2.75) is 5.88 Å². The molecule has 0 spiro atoms. The molecule has 2 heterocycles. The molecule has 1 aliphatic rings. The molecule has 0 atom stereocenters. The van der Waals surface area contributed by atoms with Crippen LogP contribution < -0.4 is 9.47 Å². The molecule has 0 fully saturated rings. The lowest BCUT2D eigenvalue weighted by Crippen LogP contribution is -1.93. The molecule has 0 aliphatic carbocycles. The Bertz CT molecular complexity index is 527. The summed E-state index contributed by atoms with van der Waals surface area (Å²) in [6.07, 6.45) is 0. The Morgan fingerprint density at radius 1 is 1.27 bits per heavy atom. The number of aromatic nitrogens is 1. The first kappa shape index (κ1) is 8.80. The van der Waals surface area contributed by atoms with E-state index in [2.05, 4.69) is 4.98 Å². The number of hydrogen-bond donors (Lipinski definition) is 0. The van der Waals surface area contributed by atoms with Crippen LogP contribution in [0.2, 0.25) is 0 Å². The van der Waals surface area contributed by atoms with Gasteiger partial charge >= 0.3 is 0 Å². The number of benzene rings is 1. The first-order valence-electron chi connectivity index (χ1n) is 4.62. The highest BCUT2D eigenvalue weighted by Crippen LogP contribution is 2.33. The molecular formula is C11H8ClNO2. The van der Waals surface area contributed by atoms with Gasteiger partial charge in [-0.2, -0.15) is 0 Å². The van der Waals surface area contributed by atoms with E-state index in [0.717, 1.165) is 16.5 Å². The van der Waals surface area contributed by atoms with E-state index in [0.29, 0.717) is 17.5 Å². The molecule has 0 amide bonds. The van der Waals surface area contributed by atoms with Crippen molar-refractivity contribution in [3.05, 3.63) is 29.8 Å². The quantitative estimate of drug-likeness (QED) is 0.694. The van der Waals surface area contributed by atoms with Crippen molar-refractivity contribution in [2.24, 2.45) is 0 Å². The summed E-state index contributed by atoms with van der Waals surface area (Å²) in [6, 6.07) is 7.84. The van der Waals surface area contributed by atoms with Gasteiger partial charge in [0.2, 0.25) is 6.79 Å². The molecular weight excluding hydrogens is 214 g/mol. The number of alkyl halides is 1. The highest BCUT2D eigenvalue weighted by molar-refractivity contribution is 6.17. The molecule has 1 aromatic carbocycles. The van der Waals surface area contributed by atoms with Gasteiger partial charge in [0.25, 0.3) is 5.88 Å². The second kappa shape index (κ2) is 3.28. The molecule has 0 bridgehead atoms. The van der Waals surface area contributed by atoms with Gasteiger partial charge in [0.05, 0.1) is 5.52 Å². The standard InChI is InChI=1S/C11H8ClNO2/c12-5-7-1-2-9-8(3-7)4-10-11(13-9)15-6-14-10/h1-4H,5-6H2. The van der Waals surface area contributed by atoms with Crippen LogP contribution in [0.4, 0.5) is 0 Å². The number of ether oxygens (including phenoxy) is 2. The Labute approximate surface area is 91.6 Å². The second-order valence-corrected chi connectivity index (χ2v) is 3.63. The Hall–Kier alpha value is -1.48. The smallest absolute Gasteiger partial charge is 0.260 e. The van der Waals surface area contributed by atoms with Crippen LogP contribution in [0.5, 0.6) is 11.6 Å². The molecule has 15 heavy (non-hydrogen) atoms. The van der Waals surface area contributed by atoms with Crippen molar-refractivity contribution in [3.63, 3.8) is 0 Å². The average Bonchev–Trinajstić information content (AvgIpc) is 2.72. The van der Waals surface area contributed by atoms with E-state index in [1.807, 2.05) is 24.3 Å². The summed E-state index contributed by atoms with van der Waals surface area (Å²) < 4.78 is 10.5. The molecule has 0 radical (unpaired) electrons. The summed E-state index contributed by atoms with van der Waals surface area (Å²) in [7, 11) is 0. The maximum Gasteiger partial charge on any atom is 0.260 e. The van der Waals surface area contributed by atoms with Crippen molar-refractivity contribution in [2.75, 3.05) is 6.79 Å². The number of hydrogen-bond acceptors (Lipinski definition) is 3. The van der Waals surface area contributed by atoms with Crippen molar-refractivity contribution < 1.29 is 9.47 Å². The van der Waals surface area contributed by atoms with Crippen molar-refractivity contribution in [3.8, 4) is 11.6 Å². The van der Waals surface area contributed by atoms with Crippen molar-refractivity contribution in [1.82, 2.24) is 4.98 Å². The van der Waals surface area contributed by atoms with Crippen LogP contribution in [0.25, 0.3) is 10.9 Å². The monoisotopic (exact) mass is 221 g/mol. The zero-order chi connectivity index (χ0) is 10.3. The fourth-order valence-electron chi connectivity index (χ4n) is 1.63. The largest absolute Gasteiger partial charge is 0.452 e. The van der Waals surface area contributed by atoms with Crippen LogP contribution in [-0.4, -0.2) is 11.8 Å². The number of rotatable bonds is 1. The lowest BCUT2D eigenvalue weighted by Gasteiger charge is -2.01. The molecule has 76 valence electrons.